The third-order valence-corrected chi connectivity index (χ3v) is 7.00. The van der Waals surface area contributed by atoms with E-state index in [1.807, 2.05) is 43.3 Å². The monoisotopic (exact) mass is 662 g/mol. The first-order valence-corrected chi connectivity index (χ1v) is 12.9. The summed E-state index contributed by atoms with van der Waals surface area (Å²) in [6.45, 7) is 2.28. The van der Waals surface area contributed by atoms with Crippen LogP contribution in [0.15, 0.2) is 79.7 Å². The maximum atomic E-state index is 13.3. The van der Waals surface area contributed by atoms with E-state index >= 15 is 0 Å². The molecule has 1 aliphatic rings. The van der Waals surface area contributed by atoms with Crippen LogP contribution in [0.5, 0.6) is 5.75 Å². The van der Waals surface area contributed by atoms with Gasteiger partial charge in [0.25, 0.3) is 11.8 Å². The van der Waals surface area contributed by atoms with Gasteiger partial charge in [0.1, 0.15) is 17.9 Å². The minimum atomic E-state index is -0.535. The maximum Gasteiger partial charge on any atom is 0.270 e. The number of halogens is 3. The fraction of sp³-hybridized carbons (Fsp3) is 0.0800. The molecule has 172 valence electrons. The number of nitrogens with zero attached hydrogens (tertiary/aromatic N) is 1. The number of aryl methyl sites for hydroxylation is 1. The average Bonchev–Trinajstić information content (AvgIpc) is 2.78. The van der Waals surface area contributed by atoms with E-state index in [9.17, 15) is 9.59 Å². The van der Waals surface area contributed by atoms with Crippen molar-refractivity contribution in [2.24, 2.45) is 0 Å². The predicted molar refractivity (Wildman–Crippen MR) is 148 cm³/mol. The van der Waals surface area contributed by atoms with Gasteiger partial charge in [-0.15, -0.1) is 0 Å². The van der Waals surface area contributed by atoms with Crippen molar-refractivity contribution in [3.8, 4) is 5.75 Å². The van der Waals surface area contributed by atoms with E-state index in [1.54, 1.807) is 30.3 Å². The Bertz CT molecular complexity index is 1340. The van der Waals surface area contributed by atoms with Gasteiger partial charge in [0.2, 0.25) is 0 Å². The summed E-state index contributed by atoms with van der Waals surface area (Å²) in [4.78, 5) is 27.2. The maximum absolute atomic E-state index is 13.3. The van der Waals surface area contributed by atoms with Gasteiger partial charge in [-0.2, -0.15) is 0 Å². The van der Waals surface area contributed by atoms with E-state index < -0.39 is 11.8 Å². The molecular weight excluding hydrogens is 648 g/mol. The van der Waals surface area contributed by atoms with Crippen LogP contribution in [0.1, 0.15) is 16.7 Å². The summed E-state index contributed by atoms with van der Waals surface area (Å²) in [6.07, 6.45) is 1.55. The molecule has 1 aliphatic heterocycles. The number of rotatable bonds is 5. The second-order valence-electron chi connectivity index (χ2n) is 7.49. The molecule has 0 aliphatic carbocycles. The highest BCUT2D eigenvalue weighted by atomic mass is 79.9. The number of amides is 2. The molecule has 0 spiro atoms. The van der Waals surface area contributed by atoms with Gasteiger partial charge in [0.15, 0.2) is 5.11 Å². The van der Waals surface area contributed by atoms with Crippen molar-refractivity contribution in [2.75, 3.05) is 4.90 Å². The van der Waals surface area contributed by atoms with Crippen molar-refractivity contribution in [2.45, 2.75) is 13.5 Å². The van der Waals surface area contributed by atoms with Crippen LogP contribution in [0, 0.1) is 6.92 Å². The van der Waals surface area contributed by atoms with Gasteiger partial charge in [-0.05, 0) is 100 Å². The summed E-state index contributed by atoms with van der Waals surface area (Å²) in [7, 11) is 0. The van der Waals surface area contributed by atoms with E-state index in [-0.39, 0.29) is 10.7 Å². The zero-order valence-corrected chi connectivity index (χ0v) is 23.3. The Kier molecular flexibility index (Phi) is 7.67. The van der Waals surface area contributed by atoms with Crippen LogP contribution in [-0.4, -0.2) is 16.9 Å². The Morgan fingerprint density at radius 1 is 0.971 bits per heavy atom. The number of hydrogen-bond donors (Lipinski definition) is 1. The lowest BCUT2D eigenvalue weighted by atomic mass is 10.1. The van der Waals surface area contributed by atoms with Gasteiger partial charge in [0, 0.05) is 8.95 Å². The van der Waals surface area contributed by atoms with Gasteiger partial charge in [-0.3, -0.25) is 19.8 Å². The Morgan fingerprint density at radius 2 is 1.68 bits per heavy atom. The molecule has 9 heteroatoms. The predicted octanol–water partition coefficient (Wildman–Crippen LogP) is 6.69. The molecule has 1 fully saturated rings. The van der Waals surface area contributed by atoms with Gasteiger partial charge in [-0.1, -0.05) is 50.1 Å². The van der Waals surface area contributed by atoms with E-state index in [0.29, 0.717) is 28.1 Å². The summed E-state index contributed by atoms with van der Waals surface area (Å²) < 4.78 is 8.50. The number of hydrogen-bond acceptors (Lipinski definition) is 4. The first-order valence-electron chi connectivity index (χ1n) is 10.1. The van der Waals surface area contributed by atoms with Crippen LogP contribution >= 0.6 is 60.0 Å². The fourth-order valence-corrected chi connectivity index (χ4v) is 4.90. The van der Waals surface area contributed by atoms with Crippen molar-refractivity contribution in [3.05, 3.63) is 96.3 Å². The van der Waals surface area contributed by atoms with Crippen molar-refractivity contribution in [3.63, 3.8) is 0 Å². The molecule has 3 aromatic carbocycles. The second-order valence-corrected chi connectivity index (χ2v) is 10.6. The molecule has 0 bridgehead atoms. The molecule has 1 heterocycles. The standard InChI is InChI=1S/C25H17Br3N2O3S/c1-14-10-18(27)7-8-21(14)30-24(32)19(23(31)29-25(30)34)11-16-4-9-22(20(28)12-16)33-13-15-2-5-17(26)6-3-15/h2-12H,13H2,1H3,(H,29,31,34)/b19-11+. The molecule has 3 aromatic rings. The molecule has 0 unspecified atom stereocenters. The number of anilines is 1. The topological polar surface area (TPSA) is 58.6 Å². The van der Waals surface area contributed by atoms with Gasteiger partial charge in [0.05, 0.1) is 10.2 Å². The van der Waals surface area contributed by atoms with Crippen LogP contribution in [0.4, 0.5) is 5.69 Å². The molecule has 4 rings (SSSR count). The lowest BCUT2D eigenvalue weighted by Crippen LogP contribution is -2.54. The molecule has 34 heavy (non-hydrogen) atoms. The van der Waals surface area contributed by atoms with Crippen LogP contribution in [0.3, 0.4) is 0 Å². The molecule has 5 nitrogen and oxygen atoms in total. The van der Waals surface area contributed by atoms with Gasteiger partial charge in [-0.25, -0.2) is 0 Å². The quantitative estimate of drug-likeness (QED) is 0.188. The normalized spacial score (nSPS) is 15.0. The van der Waals surface area contributed by atoms with E-state index in [0.717, 1.165) is 20.1 Å². The van der Waals surface area contributed by atoms with Crippen LogP contribution < -0.4 is 15.0 Å². The fourth-order valence-electron chi connectivity index (χ4n) is 3.38. The zero-order chi connectivity index (χ0) is 24.4. The number of carbonyl (C=O) groups is 2. The third-order valence-electron chi connectivity index (χ3n) is 5.08. The van der Waals surface area contributed by atoms with Gasteiger partial charge < -0.3 is 4.74 Å². The number of ether oxygens (including phenoxy) is 1. The van der Waals surface area contributed by atoms with Crippen LogP contribution in [-0.2, 0) is 16.2 Å². The highest BCUT2D eigenvalue weighted by Crippen LogP contribution is 2.30. The van der Waals surface area contributed by atoms with Crippen LogP contribution in [0.25, 0.3) is 6.08 Å². The first-order chi connectivity index (χ1) is 16.2. The van der Waals surface area contributed by atoms with E-state index in [2.05, 4.69) is 53.1 Å². The van der Waals surface area contributed by atoms with Crippen molar-refractivity contribution >= 4 is 88.7 Å². The SMILES string of the molecule is Cc1cc(Br)ccc1N1C(=O)/C(=C/c2ccc(OCc3ccc(Br)cc3)c(Br)c2)C(=O)NC1=S. The van der Waals surface area contributed by atoms with Crippen molar-refractivity contribution < 1.29 is 14.3 Å². The molecule has 0 aromatic heterocycles. The summed E-state index contributed by atoms with van der Waals surface area (Å²) in [5.74, 6) is -0.364. The average molecular weight is 665 g/mol. The Balaban J connectivity index is 1.57. The van der Waals surface area contributed by atoms with E-state index in [1.165, 1.54) is 4.90 Å². The smallest absolute Gasteiger partial charge is 0.270 e. The highest BCUT2D eigenvalue weighted by Gasteiger charge is 2.35. The Labute approximate surface area is 227 Å². The molecule has 1 N–H and O–H groups in total. The molecule has 1 saturated heterocycles. The molecule has 0 radical (unpaired) electrons. The zero-order valence-electron chi connectivity index (χ0n) is 17.8. The Morgan fingerprint density at radius 3 is 2.35 bits per heavy atom. The van der Waals surface area contributed by atoms with Crippen molar-refractivity contribution in [1.82, 2.24) is 5.32 Å². The molecule has 0 saturated carbocycles. The molecule has 2 amide bonds. The first kappa shape index (κ1) is 24.8. The molecule has 0 atom stereocenters. The summed E-state index contributed by atoms with van der Waals surface area (Å²) >= 11 is 15.7. The lowest BCUT2D eigenvalue weighted by Gasteiger charge is -2.30. The highest BCUT2D eigenvalue weighted by molar-refractivity contribution is 9.11. The largest absolute Gasteiger partial charge is 0.488 e. The number of benzene rings is 3. The van der Waals surface area contributed by atoms with E-state index in [4.69, 9.17) is 17.0 Å². The summed E-state index contributed by atoms with van der Waals surface area (Å²) in [5, 5.41) is 2.67. The summed E-state index contributed by atoms with van der Waals surface area (Å²) in [6, 6.07) is 18.7. The minimum absolute atomic E-state index is 0.00801. The third kappa shape index (κ3) is 5.49. The number of nitrogens with one attached hydrogen (secondary N) is 1. The lowest BCUT2D eigenvalue weighted by molar-refractivity contribution is -0.122. The summed E-state index contributed by atoms with van der Waals surface area (Å²) in [5.41, 5.74) is 3.15. The minimum Gasteiger partial charge on any atom is -0.488 e. The number of carbonyl (C=O) groups excluding carboxylic acids is 2. The molecular formula is C25H17Br3N2O3S. The Hall–Kier alpha value is -2.33. The second kappa shape index (κ2) is 10.5. The van der Waals surface area contributed by atoms with Gasteiger partial charge >= 0.3 is 0 Å². The van der Waals surface area contributed by atoms with Crippen molar-refractivity contribution in [1.29, 1.82) is 0 Å². The van der Waals surface area contributed by atoms with Crippen LogP contribution in [0.2, 0.25) is 0 Å². The number of thiocarbonyl (C=S) groups is 1.